The second-order valence-electron chi connectivity index (χ2n) is 7.54. The molecule has 0 radical (unpaired) electrons. The quantitative estimate of drug-likeness (QED) is 0.762. The van der Waals surface area contributed by atoms with Gasteiger partial charge in [0.25, 0.3) is 5.91 Å². The summed E-state index contributed by atoms with van der Waals surface area (Å²) in [6.45, 7) is 2.85. The Kier molecular flexibility index (Phi) is 5.16. The van der Waals surface area contributed by atoms with E-state index in [0.717, 1.165) is 31.4 Å². The summed E-state index contributed by atoms with van der Waals surface area (Å²) in [7, 11) is -3.70. The van der Waals surface area contributed by atoms with Crippen molar-refractivity contribution >= 4 is 21.6 Å². The van der Waals surface area contributed by atoms with Crippen molar-refractivity contribution in [1.29, 1.82) is 0 Å². The molecule has 2 heterocycles. The Hall–Kier alpha value is -2.32. The van der Waals surface area contributed by atoms with Crippen LogP contribution in [0.4, 0.5) is 14.5 Å². The number of aryl methyl sites for hydroxylation is 1. The number of carbonyl (C=O) groups excluding carboxylic acids is 1. The van der Waals surface area contributed by atoms with Crippen molar-refractivity contribution in [3.8, 4) is 0 Å². The normalized spacial score (nSPS) is 17.4. The molecule has 0 atom stereocenters. The molecular weight excluding hydrogens is 398 g/mol. The van der Waals surface area contributed by atoms with Gasteiger partial charge in [0.15, 0.2) is 0 Å². The van der Waals surface area contributed by atoms with Crippen LogP contribution in [0.25, 0.3) is 0 Å². The third-order valence-corrected chi connectivity index (χ3v) is 7.67. The molecule has 2 aromatic carbocycles. The van der Waals surface area contributed by atoms with Crippen LogP contribution in [0.2, 0.25) is 0 Å². The van der Waals surface area contributed by atoms with Gasteiger partial charge in [-0.05, 0) is 49.9 Å². The monoisotopic (exact) mass is 420 g/mol. The van der Waals surface area contributed by atoms with Crippen LogP contribution >= 0.6 is 0 Å². The number of amides is 1. The summed E-state index contributed by atoms with van der Waals surface area (Å²) >= 11 is 0. The number of halogens is 2. The van der Waals surface area contributed by atoms with E-state index in [9.17, 15) is 22.0 Å². The largest absolute Gasteiger partial charge is 0.308 e. The highest BCUT2D eigenvalue weighted by Crippen LogP contribution is 2.33. The molecule has 2 aliphatic heterocycles. The maximum Gasteiger partial charge on any atom is 0.258 e. The molecule has 8 heteroatoms. The lowest BCUT2D eigenvalue weighted by molar-refractivity contribution is 0.0989. The fourth-order valence-electron chi connectivity index (χ4n) is 4.04. The first-order valence-electron chi connectivity index (χ1n) is 9.69. The van der Waals surface area contributed by atoms with Crippen molar-refractivity contribution in [2.45, 2.75) is 37.5 Å². The zero-order chi connectivity index (χ0) is 20.8. The van der Waals surface area contributed by atoms with E-state index in [1.54, 1.807) is 19.1 Å². The summed E-state index contributed by atoms with van der Waals surface area (Å²) in [6, 6.07) is 6.49. The van der Waals surface area contributed by atoms with Crippen LogP contribution in [0.15, 0.2) is 35.2 Å². The van der Waals surface area contributed by atoms with Crippen LogP contribution in [0.1, 0.15) is 40.7 Å². The van der Waals surface area contributed by atoms with E-state index >= 15 is 0 Å². The Morgan fingerprint density at radius 3 is 2.45 bits per heavy atom. The average Bonchev–Trinajstić information content (AvgIpc) is 3.12. The summed E-state index contributed by atoms with van der Waals surface area (Å²) in [5.41, 5.74) is 1.25. The third-order valence-electron chi connectivity index (χ3n) is 5.63. The van der Waals surface area contributed by atoms with E-state index in [1.807, 2.05) is 0 Å². The second-order valence-corrected chi connectivity index (χ2v) is 9.44. The molecule has 0 saturated carbocycles. The Balaban J connectivity index is 1.69. The van der Waals surface area contributed by atoms with Gasteiger partial charge in [0.1, 0.15) is 11.6 Å². The lowest BCUT2D eigenvalue weighted by Crippen LogP contribution is -2.36. The molecule has 0 N–H and O–H groups in total. The third kappa shape index (κ3) is 3.55. The highest BCUT2D eigenvalue weighted by atomic mass is 32.2. The predicted octanol–water partition coefficient (Wildman–Crippen LogP) is 3.65. The molecule has 2 aliphatic rings. The van der Waals surface area contributed by atoms with Gasteiger partial charge in [0, 0.05) is 36.8 Å². The number of hydrogen-bond acceptors (Lipinski definition) is 3. The highest BCUT2D eigenvalue weighted by molar-refractivity contribution is 7.89. The molecule has 5 nitrogen and oxygen atoms in total. The summed E-state index contributed by atoms with van der Waals surface area (Å²) in [6.07, 6.45) is 2.93. The number of rotatable bonds is 3. The molecule has 1 fully saturated rings. The average molecular weight is 420 g/mol. The molecule has 0 aliphatic carbocycles. The van der Waals surface area contributed by atoms with Gasteiger partial charge in [0.05, 0.1) is 10.6 Å². The molecule has 29 heavy (non-hydrogen) atoms. The van der Waals surface area contributed by atoms with E-state index in [4.69, 9.17) is 0 Å². The number of benzene rings is 2. The number of carbonyl (C=O) groups is 1. The van der Waals surface area contributed by atoms with Crippen LogP contribution in [0, 0.1) is 18.6 Å². The molecular formula is C21H22F2N2O3S. The van der Waals surface area contributed by atoms with Crippen molar-refractivity contribution in [3.05, 3.63) is 58.7 Å². The van der Waals surface area contributed by atoms with E-state index in [2.05, 4.69) is 0 Å². The lowest BCUT2D eigenvalue weighted by atomic mass is 10.1. The molecule has 0 bridgehead atoms. The van der Waals surface area contributed by atoms with Gasteiger partial charge >= 0.3 is 0 Å². The molecule has 1 amide bonds. The molecule has 2 aromatic rings. The van der Waals surface area contributed by atoms with E-state index in [0.29, 0.717) is 24.2 Å². The van der Waals surface area contributed by atoms with E-state index < -0.39 is 27.6 Å². The Morgan fingerprint density at radius 1 is 1.00 bits per heavy atom. The van der Waals surface area contributed by atoms with Crippen molar-refractivity contribution in [2.75, 3.05) is 24.5 Å². The first kappa shape index (κ1) is 20.0. The van der Waals surface area contributed by atoms with Crippen molar-refractivity contribution in [2.24, 2.45) is 0 Å². The molecule has 1 saturated heterocycles. The lowest BCUT2D eigenvalue weighted by Gasteiger charge is -2.27. The first-order chi connectivity index (χ1) is 13.8. The highest BCUT2D eigenvalue weighted by Gasteiger charge is 2.31. The van der Waals surface area contributed by atoms with E-state index in [-0.39, 0.29) is 29.1 Å². The van der Waals surface area contributed by atoms with Gasteiger partial charge < -0.3 is 4.90 Å². The Labute approximate surface area is 169 Å². The number of sulfonamides is 1. The number of hydrogen-bond donors (Lipinski definition) is 0. The topological polar surface area (TPSA) is 57.7 Å². The van der Waals surface area contributed by atoms with E-state index in [1.165, 1.54) is 15.3 Å². The van der Waals surface area contributed by atoms with Gasteiger partial charge in [0.2, 0.25) is 10.0 Å². The number of nitrogens with zero attached hydrogens (tertiary/aromatic N) is 2. The van der Waals surface area contributed by atoms with Gasteiger partial charge in [-0.25, -0.2) is 17.2 Å². The summed E-state index contributed by atoms with van der Waals surface area (Å²) in [5.74, 6) is -1.89. The molecule has 154 valence electrons. The van der Waals surface area contributed by atoms with Gasteiger partial charge in [-0.1, -0.05) is 12.5 Å². The Bertz CT molecular complexity index is 1080. The number of fused-ring (bicyclic) bond motifs is 1. The second kappa shape index (κ2) is 7.50. The molecule has 0 spiro atoms. The summed E-state index contributed by atoms with van der Waals surface area (Å²) < 4.78 is 55.3. The van der Waals surface area contributed by atoms with Crippen LogP contribution in [0.5, 0.6) is 0 Å². The SMILES string of the molecule is Cc1ccc(C(=O)N2CCc3c(F)cc(F)cc32)cc1S(=O)(=O)N1CCCCC1. The van der Waals surface area contributed by atoms with Gasteiger partial charge in [-0.15, -0.1) is 0 Å². The van der Waals surface area contributed by atoms with Crippen LogP contribution in [-0.4, -0.2) is 38.3 Å². The Morgan fingerprint density at radius 2 is 1.72 bits per heavy atom. The number of anilines is 1. The maximum atomic E-state index is 14.0. The predicted molar refractivity (Wildman–Crippen MR) is 106 cm³/mol. The standard InChI is InChI=1S/C21H22F2N2O3S/c1-14-5-6-15(11-20(14)29(27,28)24-8-3-2-4-9-24)21(26)25-10-7-17-18(23)12-16(22)13-19(17)25/h5-6,11-13H,2-4,7-10H2,1H3. The fourth-order valence-corrected chi connectivity index (χ4v) is 5.81. The van der Waals surface area contributed by atoms with Gasteiger partial charge in [-0.2, -0.15) is 4.31 Å². The summed E-state index contributed by atoms with van der Waals surface area (Å²) in [5, 5.41) is 0. The first-order valence-corrected chi connectivity index (χ1v) is 11.1. The van der Waals surface area contributed by atoms with Gasteiger partial charge in [-0.3, -0.25) is 4.79 Å². The molecule has 0 aromatic heterocycles. The molecule has 4 rings (SSSR count). The summed E-state index contributed by atoms with van der Waals surface area (Å²) in [4.78, 5) is 14.5. The smallest absolute Gasteiger partial charge is 0.258 e. The van der Waals surface area contributed by atoms with Crippen molar-refractivity contribution < 1.29 is 22.0 Å². The fraction of sp³-hybridized carbons (Fsp3) is 0.381. The van der Waals surface area contributed by atoms with Crippen LogP contribution < -0.4 is 4.90 Å². The van der Waals surface area contributed by atoms with Crippen molar-refractivity contribution in [3.63, 3.8) is 0 Å². The maximum absolute atomic E-state index is 14.0. The van der Waals surface area contributed by atoms with Crippen molar-refractivity contribution in [1.82, 2.24) is 4.31 Å². The minimum absolute atomic E-state index is 0.107. The number of piperidine rings is 1. The zero-order valence-corrected chi connectivity index (χ0v) is 16.9. The van der Waals surface area contributed by atoms with Crippen LogP contribution in [0.3, 0.4) is 0 Å². The minimum atomic E-state index is -3.70. The van der Waals surface area contributed by atoms with Crippen LogP contribution in [-0.2, 0) is 16.4 Å². The minimum Gasteiger partial charge on any atom is -0.308 e. The zero-order valence-electron chi connectivity index (χ0n) is 16.1. The molecule has 0 unspecified atom stereocenters.